The van der Waals surface area contributed by atoms with Crippen LogP contribution in [0.1, 0.15) is 258 Å². The molecule has 0 aromatic rings. The van der Waals surface area contributed by atoms with Gasteiger partial charge >= 0.3 is 11.9 Å². The summed E-state index contributed by atoms with van der Waals surface area (Å²) in [5.41, 5.74) is 0. The molecule has 6 atom stereocenters. The number of ether oxygens (including phenoxy) is 4. The van der Waals surface area contributed by atoms with Crippen molar-refractivity contribution in [2.45, 2.75) is 295 Å². The molecule has 1 rings (SSSR count). The first-order valence-electron chi connectivity index (χ1n) is 26.1. The zero-order chi connectivity index (χ0) is 44.4. The molecular weight excluding hydrogens is 773 g/mol. The molecule has 0 saturated carbocycles. The lowest BCUT2D eigenvalue weighted by atomic mass is 9.99. The number of carbonyl (C=O) groups excluding carboxylic acids is 2. The van der Waals surface area contributed by atoms with Gasteiger partial charge in [-0.15, -0.1) is 0 Å². The quantitative estimate of drug-likeness (QED) is 0.0344. The predicted molar refractivity (Wildman–Crippen MR) is 247 cm³/mol. The third-order valence-corrected chi connectivity index (χ3v) is 12.5. The van der Waals surface area contributed by atoms with Crippen molar-refractivity contribution in [1.82, 2.24) is 0 Å². The van der Waals surface area contributed by atoms with E-state index < -0.39 is 49.4 Å². The van der Waals surface area contributed by atoms with E-state index in [-0.39, 0.29) is 32.0 Å². The van der Waals surface area contributed by atoms with Crippen LogP contribution in [0.4, 0.5) is 0 Å². The number of carbonyl (C=O) groups is 2. The van der Waals surface area contributed by atoms with Gasteiger partial charge in [0.05, 0.1) is 13.2 Å². The molecule has 10 nitrogen and oxygen atoms in total. The fraction of sp³-hybridized carbons (Fsp3) is 0.961. The second-order valence-electron chi connectivity index (χ2n) is 18.3. The average molecular weight is 871 g/mol. The Morgan fingerprint density at radius 3 is 1.11 bits per heavy atom. The Morgan fingerprint density at radius 2 is 0.770 bits per heavy atom. The Labute approximate surface area is 374 Å². The van der Waals surface area contributed by atoms with E-state index in [0.29, 0.717) is 6.42 Å². The van der Waals surface area contributed by atoms with Gasteiger partial charge in [-0.05, 0) is 12.8 Å². The van der Waals surface area contributed by atoms with Gasteiger partial charge in [-0.25, -0.2) is 0 Å². The van der Waals surface area contributed by atoms with Crippen LogP contribution >= 0.6 is 0 Å². The van der Waals surface area contributed by atoms with Gasteiger partial charge < -0.3 is 39.4 Å². The van der Waals surface area contributed by atoms with Gasteiger partial charge in [-0.3, -0.25) is 9.59 Å². The molecule has 6 unspecified atom stereocenters. The van der Waals surface area contributed by atoms with Gasteiger partial charge in [0.25, 0.3) is 0 Å². The summed E-state index contributed by atoms with van der Waals surface area (Å²) in [7, 11) is 0. The Kier molecular flexibility index (Phi) is 40.3. The zero-order valence-corrected chi connectivity index (χ0v) is 39.7. The minimum atomic E-state index is -1.59. The van der Waals surface area contributed by atoms with Crippen molar-refractivity contribution < 1.29 is 49.0 Å². The van der Waals surface area contributed by atoms with E-state index in [1.54, 1.807) is 0 Å². The summed E-state index contributed by atoms with van der Waals surface area (Å²) >= 11 is 0. The van der Waals surface area contributed by atoms with Crippen molar-refractivity contribution in [1.29, 1.82) is 0 Å². The summed E-state index contributed by atoms with van der Waals surface area (Å²) in [4.78, 5) is 25.4. The van der Waals surface area contributed by atoms with Crippen molar-refractivity contribution in [2.24, 2.45) is 0 Å². The number of hydrogen-bond acceptors (Lipinski definition) is 10. The Morgan fingerprint density at radius 1 is 0.443 bits per heavy atom. The highest BCUT2D eigenvalue weighted by Gasteiger charge is 2.44. The molecule has 0 radical (unpaired) electrons. The third-order valence-electron chi connectivity index (χ3n) is 12.5. The summed E-state index contributed by atoms with van der Waals surface area (Å²) in [5, 5.41) is 40.2. The molecule has 1 aliphatic rings. The van der Waals surface area contributed by atoms with E-state index in [9.17, 15) is 30.0 Å². The lowest BCUT2D eigenvalue weighted by Gasteiger charge is -2.39. The van der Waals surface area contributed by atoms with Crippen LogP contribution in [0.25, 0.3) is 0 Å². The Bertz CT molecular complexity index is 964. The minimum Gasteiger partial charge on any atom is -0.462 e. The first-order valence-corrected chi connectivity index (χ1v) is 26.1. The molecule has 0 amide bonds. The zero-order valence-electron chi connectivity index (χ0n) is 39.7. The van der Waals surface area contributed by atoms with Crippen LogP contribution in [0.2, 0.25) is 0 Å². The number of aliphatic hydroxyl groups is 4. The Balaban J connectivity index is 2.23. The Hall–Kier alpha value is -1.30. The minimum absolute atomic E-state index is 0.208. The molecule has 10 heteroatoms. The van der Waals surface area contributed by atoms with Gasteiger partial charge in [0, 0.05) is 12.8 Å². The fourth-order valence-corrected chi connectivity index (χ4v) is 8.37. The van der Waals surface area contributed by atoms with Gasteiger partial charge in [0.15, 0.2) is 12.4 Å². The molecule has 4 N–H and O–H groups in total. The molecule has 0 aliphatic carbocycles. The molecule has 0 aromatic carbocycles. The van der Waals surface area contributed by atoms with E-state index in [1.807, 2.05) is 0 Å². The van der Waals surface area contributed by atoms with Crippen molar-refractivity contribution in [3.8, 4) is 0 Å². The lowest BCUT2D eigenvalue weighted by Crippen LogP contribution is -2.59. The van der Waals surface area contributed by atoms with Crippen LogP contribution in [0.15, 0.2) is 0 Å². The average Bonchev–Trinajstić information content (AvgIpc) is 3.26. The maximum Gasteiger partial charge on any atom is 0.306 e. The van der Waals surface area contributed by atoms with Gasteiger partial charge in [0.1, 0.15) is 31.0 Å². The van der Waals surface area contributed by atoms with Crippen LogP contribution in [-0.4, -0.2) is 89.0 Å². The largest absolute Gasteiger partial charge is 0.462 e. The maximum atomic E-state index is 12.8. The molecule has 0 spiro atoms. The standard InChI is InChI=1S/C51H98O10/c1-3-5-7-9-11-13-15-17-19-21-22-23-24-26-28-30-32-34-36-38-40-47(54)60-44(43-59-51-50(57)49(56)48(55)45(41-52)61-51)42-58-46(53)39-37-35-33-31-29-27-25-20-18-16-14-12-10-8-6-4-2/h44-45,48-52,55-57H,3-43H2,1-2H3. The van der Waals surface area contributed by atoms with Crippen LogP contribution in [-0.2, 0) is 28.5 Å². The summed E-state index contributed by atoms with van der Waals surface area (Å²) < 4.78 is 22.3. The SMILES string of the molecule is CCCCCCCCCCCCCCCCCCCCCCC(=O)OC(COC(=O)CCCCCCCCCCCCCCCCCC)COC1OC(CO)C(O)C(O)C1O. The van der Waals surface area contributed by atoms with E-state index in [2.05, 4.69) is 13.8 Å². The van der Waals surface area contributed by atoms with Gasteiger partial charge in [-0.2, -0.15) is 0 Å². The maximum absolute atomic E-state index is 12.8. The van der Waals surface area contributed by atoms with Crippen LogP contribution in [0.3, 0.4) is 0 Å². The molecule has 0 bridgehead atoms. The molecule has 0 aromatic heterocycles. The number of hydrogen-bond donors (Lipinski definition) is 4. The van der Waals surface area contributed by atoms with E-state index in [4.69, 9.17) is 18.9 Å². The summed E-state index contributed by atoms with van der Waals surface area (Å²) in [6.07, 6.45) is 38.2. The van der Waals surface area contributed by atoms with Gasteiger partial charge in [-0.1, -0.05) is 232 Å². The van der Waals surface area contributed by atoms with E-state index in [1.165, 1.54) is 193 Å². The van der Waals surface area contributed by atoms with Gasteiger partial charge in [0.2, 0.25) is 0 Å². The topological polar surface area (TPSA) is 152 Å². The van der Waals surface area contributed by atoms with Crippen LogP contribution in [0, 0.1) is 0 Å². The predicted octanol–water partition coefficient (Wildman–Crippen LogP) is 12.1. The smallest absolute Gasteiger partial charge is 0.306 e. The third kappa shape index (κ3) is 33.8. The second kappa shape index (κ2) is 42.6. The lowest BCUT2D eigenvalue weighted by molar-refractivity contribution is -0.305. The normalized spacial score (nSPS) is 19.6. The van der Waals surface area contributed by atoms with Crippen molar-refractivity contribution >= 4 is 11.9 Å². The molecule has 61 heavy (non-hydrogen) atoms. The van der Waals surface area contributed by atoms with Crippen LogP contribution < -0.4 is 0 Å². The van der Waals surface area contributed by atoms with Crippen molar-refractivity contribution in [2.75, 3.05) is 19.8 Å². The highest BCUT2D eigenvalue weighted by Crippen LogP contribution is 2.23. The summed E-state index contributed by atoms with van der Waals surface area (Å²) in [6.45, 7) is 3.48. The second-order valence-corrected chi connectivity index (χ2v) is 18.3. The first kappa shape index (κ1) is 57.7. The number of rotatable bonds is 45. The number of unbranched alkanes of at least 4 members (excludes halogenated alkanes) is 34. The summed E-state index contributed by atoms with van der Waals surface area (Å²) in [6, 6.07) is 0. The highest BCUT2D eigenvalue weighted by atomic mass is 16.7. The molecule has 362 valence electrons. The molecule has 1 saturated heterocycles. The van der Waals surface area contributed by atoms with E-state index >= 15 is 0 Å². The van der Waals surface area contributed by atoms with E-state index in [0.717, 1.165) is 32.1 Å². The van der Waals surface area contributed by atoms with Crippen molar-refractivity contribution in [3.05, 3.63) is 0 Å². The molecule has 1 heterocycles. The monoisotopic (exact) mass is 871 g/mol. The summed E-state index contributed by atoms with van der Waals surface area (Å²) in [5.74, 6) is -0.785. The number of esters is 2. The van der Waals surface area contributed by atoms with Crippen LogP contribution in [0.5, 0.6) is 0 Å². The highest BCUT2D eigenvalue weighted by molar-refractivity contribution is 5.70. The molecule has 1 fully saturated rings. The molecule has 1 aliphatic heterocycles. The molecular formula is C51H98O10. The fourth-order valence-electron chi connectivity index (χ4n) is 8.37. The van der Waals surface area contributed by atoms with Crippen molar-refractivity contribution in [3.63, 3.8) is 0 Å². The first-order chi connectivity index (χ1) is 29.8. The number of aliphatic hydroxyl groups excluding tert-OH is 4.